The van der Waals surface area contributed by atoms with Crippen molar-refractivity contribution in [3.8, 4) is 0 Å². The Bertz CT molecular complexity index is 349. The van der Waals surface area contributed by atoms with Gasteiger partial charge in [-0.1, -0.05) is 13.8 Å². The second kappa shape index (κ2) is 4.83. The number of hydrogen-bond donors (Lipinski definition) is 1. The molecule has 1 unspecified atom stereocenters. The molecule has 3 heteroatoms. The lowest BCUT2D eigenvalue weighted by molar-refractivity contribution is 0.491. The molecule has 1 atom stereocenters. The van der Waals surface area contributed by atoms with Crippen LogP contribution in [-0.4, -0.2) is 17.6 Å². The third-order valence-corrected chi connectivity index (χ3v) is 3.49. The highest BCUT2D eigenvalue weighted by atomic mass is 15.2. The standard InChI is InChI=1S/C13H21N3/c1-10(2)12-4-3-7-16(12)13-9-15-6-5-11(13)8-14/h5-6,9-10,12H,3-4,7-8,14H2,1-2H3. The van der Waals surface area contributed by atoms with E-state index in [4.69, 9.17) is 5.73 Å². The normalized spacial score (nSPS) is 20.8. The average Bonchev–Trinajstić information content (AvgIpc) is 2.77. The van der Waals surface area contributed by atoms with E-state index in [-0.39, 0.29) is 0 Å². The Morgan fingerprint density at radius 1 is 1.56 bits per heavy atom. The molecule has 1 saturated heterocycles. The van der Waals surface area contributed by atoms with Crippen LogP contribution in [0.15, 0.2) is 18.5 Å². The molecule has 0 aliphatic carbocycles. The fourth-order valence-electron chi connectivity index (χ4n) is 2.63. The maximum absolute atomic E-state index is 5.79. The topological polar surface area (TPSA) is 42.2 Å². The number of hydrogen-bond acceptors (Lipinski definition) is 3. The quantitative estimate of drug-likeness (QED) is 0.847. The molecular weight excluding hydrogens is 198 g/mol. The maximum atomic E-state index is 5.79. The van der Waals surface area contributed by atoms with Crippen LogP contribution in [0.1, 0.15) is 32.3 Å². The number of anilines is 1. The van der Waals surface area contributed by atoms with E-state index >= 15 is 0 Å². The van der Waals surface area contributed by atoms with Gasteiger partial charge in [0.15, 0.2) is 0 Å². The van der Waals surface area contributed by atoms with Crippen molar-refractivity contribution < 1.29 is 0 Å². The zero-order chi connectivity index (χ0) is 11.5. The summed E-state index contributed by atoms with van der Waals surface area (Å²) in [6.45, 7) is 6.32. The lowest BCUT2D eigenvalue weighted by atomic mass is 10.0. The molecule has 1 aliphatic heterocycles. The Kier molecular flexibility index (Phi) is 3.44. The van der Waals surface area contributed by atoms with Crippen LogP contribution in [0.5, 0.6) is 0 Å². The van der Waals surface area contributed by atoms with Crippen molar-refractivity contribution in [2.75, 3.05) is 11.4 Å². The largest absolute Gasteiger partial charge is 0.367 e. The molecule has 0 amide bonds. The first-order chi connectivity index (χ1) is 7.74. The van der Waals surface area contributed by atoms with E-state index in [0.717, 1.165) is 6.54 Å². The molecule has 1 aromatic heterocycles. The van der Waals surface area contributed by atoms with Crippen LogP contribution in [0.25, 0.3) is 0 Å². The second-order valence-electron chi connectivity index (χ2n) is 4.86. The van der Waals surface area contributed by atoms with Crippen molar-refractivity contribution in [3.63, 3.8) is 0 Å². The van der Waals surface area contributed by atoms with E-state index in [1.165, 1.54) is 24.1 Å². The average molecular weight is 219 g/mol. The van der Waals surface area contributed by atoms with Gasteiger partial charge in [-0.15, -0.1) is 0 Å². The number of nitrogens with two attached hydrogens (primary N) is 1. The number of nitrogens with zero attached hydrogens (tertiary/aromatic N) is 2. The van der Waals surface area contributed by atoms with Crippen molar-refractivity contribution in [2.24, 2.45) is 11.7 Å². The van der Waals surface area contributed by atoms with Gasteiger partial charge in [0.2, 0.25) is 0 Å². The second-order valence-corrected chi connectivity index (χ2v) is 4.86. The molecule has 16 heavy (non-hydrogen) atoms. The van der Waals surface area contributed by atoms with Crippen molar-refractivity contribution in [1.29, 1.82) is 0 Å². The van der Waals surface area contributed by atoms with Crippen molar-refractivity contribution in [2.45, 2.75) is 39.3 Å². The zero-order valence-electron chi connectivity index (χ0n) is 10.2. The molecule has 2 rings (SSSR count). The Morgan fingerprint density at radius 3 is 3.06 bits per heavy atom. The van der Waals surface area contributed by atoms with Crippen LogP contribution in [0.3, 0.4) is 0 Å². The smallest absolute Gasteiger partial charge is 0.0600 e. The summed E-state index contributed by atoms with van der Waals surface area (Å²) in [5, 5.41) is 0. The third-order valence-electron chi connectivity index (χ3n) is 3.49. The van der Waals surface area contributed by atoms with Crippen molar-refractivity contribution >= 4 is 5.69 Å². The zero-order valence-corrected chi connectivity index (χ0v) is 10.2. The Labute approximate surface area is 97.7 Å². The lowest BCUT2D eigenvalue weighted by Crippen LogP contribution is -2.34. The minimum Gasteiger partial charge on any atom is -0.367 e. The van der Waals surface area contributed by atoms with Gasteiger partial charge in [0.1, 0.15) is 0 Å². The number of aromatic nitrogens is 1. The van der Waals surface area contributed by atoms with E-state index in [1.807, 2.05) is 18.5 Å². The first-order valence-electron chi connectivity index (χ1n) is 6.13. The first kappa shape index (κ1) is 11.4. The van der Waals surface area contributed by atoms with Gasteiger partial charge in [0, 0.05) is 25.3 Å². The van der Waals surface area contributed by atoms with E-state index in [2.05, 4.69) is 23.7 Å². The molecule has 0 spiro atoms. The summed E-state index contributed by atoms with van der Waals surface area (Å²) in [5.74, 6) is 0.688. The molecule has 2 heterocycles. The Balaban J connectivity index is 2.28. The number of pyridine rings is 1. The van der Waals surface area contributed by atoms with E-state index in [9.17, 15) is 0 Å². The molecule has 1 aliphatic rings. The molecule has 0 radical (unpaired) electrons. The van der Waals surface area contributed by atoms with E-state index in [0.29, 0.717) is 18.5 Å². The SMILES string of the molecule is CC(C)C1CCCN1c1cnccc1CN. The predicted molar refractivity (Wildman–Crippen MR) is 67.3 cm³/mol. The first-order valence-corrected chi connectivity index (χ1v) is 6.13. The maximum Gasteiger partial charge on any atom is 0.0600 e. The predicted octanol–water partition coefficient (Wildman–Crippen LogP) is 2.17. The van der Waals surface area contributed by atoms with Gasteiger partial charge in [-0.3, -0.25) is 4.98 Å². The lowest BCUT2D eigenvalue weighted by Gasteiger charge is -2.30. The van der Waals surface area contributed by atoms with Gasteiger partial charge in [-0.25, -0.2) is 0 Å². The minimum atomic E-state index is 0.596. The molecule has 0 saturated carbocycles. The van der Waals surface area contributed by atoms with Gasteiger partial charge >= 0.3 is 0 Å². The van der Waals surface area contributed by atoms with Gasteiger partial charge in [0.05, 0.1) is 11.9 Å². The fourth-order valence-corrected chi connectivity index (χ4v) is 2.63. The Hall–Kier alpha value is -1.09. The van der Waals surface area contributed by atoms with Crippen LogP contribution < -0.4 is 10.6 Å². The molecule has 0 aromatic carbocycles. The summed E-state index contributed by atoms with van der Waals surface area (Å²) in [5.41, 5.74) is 8.23. The highest BCUT2D eigenvalue weighted by Gasteiger charge is 2.28. The fraction of sp³-hybridized carbons (Fsp3) is 0.615. The van der Waals surface area contributed by atoms with Crippen molar-refractivity contribution in [3.05, 3.63) is 24.0 Å². The molecule has 88 valence electrons. The summed E-state index contributed by atoms with van der Waals surface area (Å²) < 4.78 is 0. The summed E-state index contributed by atoms with van der Waals surface area (Å²) in [6.07, 6.45) is 6.35. The van der Waals surface area contributed by atoms with Crippen LogP contribution >= 0.6 is 0 Å². The van der Waals surface area contributed by atoms with E-state index < -0.39 is 0 Å². The monoisotopic (exact) mass is 219 g/mol. The van der Waals surface area contributed by atoms with Gasteiger partial charge in [0.25, 0.3) is 0 Å². The molecule has 2 N–H and O–H groups in total. The van der Waals surface area contributed by atoms with Gasteiger partial charge in [-0.05, 0) is 30.4 Å². The molecule has 1 fully saturated rings. The highest BCUT2D eigenvalue weighted by Crippen LogP contribution is 2.31. The summed E-state index contributed by atoms with van der Waals surface area (Å²) in [7, 11) is 0. The number of rotatable bonds is 3. The third kappa shape index (κ3) is 2.05. The molecule has 0 bridgehead atoms. The van der Waals surface area contributed by atoms with Crippen molar-refractivity contribution in [1.82, 2.24) is 4.98 Å². The van der Waals surface area contributed by atoms with Crippen LogP contribution in [0.4, 0.5) is 5.69 Å². The summed E-state index contributed by atoms with van der Waals surface area (Å²) in [6, 6.07) is 2.68. The van der Waals surface area contributed by atoms with Crippen LogP contribution in [-0.2, 0) is 6.54 Å². The van der Waals surface area contributed by atoms with Crippen LogP contribution in [0.2, 0.25) is 0 Å². The molecular formula is C13H21N3. The van der Waals surface area contributed by atoms with E-state index in [1.54, 1.807) is 0 Å². The highest BCUT2D eigenvalue weighted by molar-refractivity contribution is 5.53. The van der Waals surface area contributed by atoms with Crippen LogP contribution in [0, 0.1) is 5.92 Å². The minimum absolute atomic E-state index is 0.596. The Morgan fingerprint density at radius 2 is 2.38 bits per heavy atom. The van der Waals surface area contributed by atoms with Gasteiger partial charge < -0.3 is 10.6 Å². The molecule has 1 aromatic rings. The van der Waals surface area contributed by atoms with Gasteiger partial charge in [-0.2, -0.15) is 0 Å². The summed E-state index contributed by atoms with van der Waals surface area (Å²) in [4.78, 5) is 6.72. The summed E-state index contributed by atoms with van der Waals surface area (Å²) >= 11 is 0. The molecule has 3 nitrogen and oxygen atoms in total.